The van der Waals surface area contributed by atoms with Crippen LogP contribution in [0.3, 0.4) is 0 Å². The van der Waals surface area contributed by atoms with Gasteiger partial charge >= 0.3 is 0 Å². The highest BCUT2D eigenvalue weighted by Crippen LogP contribution is 2.42. The molecule has 0 aliphatic heterocycles. The normalized spacial score (nSPS) is 19.8. The summed E-state index contributed by atoms with van der Waals surface area (Å²) in [6.07, 6.45) is -0.763. The third-order valence-corrected chi connectivity index (χ3v) is 5.12. The molecule has 4 N–H and O–H groups in total. The zero-order valence-corrected chi connectivity index (χ0v) is 16.4. The van der Waals surface area contributed by atoms with E-state index in [-0.39, 0.29) is 12.0 Å². The quantitative estimate of drug-likeness (QED) is 0.432. The number of phenols is 2. The summed E-state index contributed by atoms with van der Waals surface area (Å²) in [5, 5.41) is 41.6. The van der Waals surface area contributed by atoms with Gasteiger partial charge < -0.3 is 20.4 Å². The zero-order valence-electron chi connectivity index (χ0n) is 16.4. The molecular formula is C21H26O7. The Bertz CT molecular complexity index is 849. The number of Topliss-reactive ketones (excluding diaryl/α,β-unsaturated/α-hetero) is 3. The Morgan fingerprint density at radius 2 is 1.71 bits per heavy atom. The first-order valence-corrected chi connectivity index (χ1v) is 9.12. The number of benzene rings is 1. The van der Waals surface area contributed by atoms with E-state index in [2.05, 4.69) is 0 Å². The van der Waals surface area contributed by atoms with Crippen molar-refractivity contribution in [3.63, 3.8) is 0 Å². The van der Waals surface area contributed by atoms with Gasteiger partial charge in [0, 0.05) is 12.8 Å². The summed E-state index contributed by atoms with van der Waals surface area (Å²) in [7, 11) is 0. The van der Waals surface area contributed by atoms with Crippen LogP contribution >= 0.6 is 0 Å². The number of ketones is 3. The SMILES string of the molecule is CC(C)=CC[C@](O)(C(=O)C(O)C(C)C)C1CC(=O)c2c(O)ccc(O)c2C1=O. The number of phenolic OH excluding ortho intramolecular Hbond substituents is 2. The highest BCUT2D eigenvalue weighted by atomic mass is 16.3. The van der Waals surface area contributed by atoms with E-state index in [0.29, 0.717) is 0 Å². The summed E-state index contributed by atoms with van der Waals surface area (Å²) >= 11 is 0. The fraction of sp³-hybridized carbons (Fsp3) is 0.476. The van der Waals surface area contributed by atoms with Gasteiger partial charge in [0.15, 0.2) is 17.3 Å². The van der Waals surface area contributed by atoms with Gasteiger partial charge in [-0.15, -0.1) is 0 Å². The van der Waals surface area contributed by atoms with Gasteiger partial charge in [-0.1, -0.05) is 25.5 Å². The largest absolute Gasteiger partial charge is 0.507 e. The van der Waals surface area contributed by atoms with Crippen molar-refractivity contribution in [3.05, 3.63) is 34.9 Å². The van der Waals surface area contributed by atoms with E-state index in [9.17, 15) is 34.8 Å². The van der Waals surface area contributed by atoms with Crippen molar-refractivity contribution in [1.29, 1.82) is 0 Å². The Hall–Kier alpha value is -2.51. The molecule has 0 spiro atoms. The van der Waals surface area contributed by atoms with Crippen LogP contribution in [-0.4, -0.2) is 49.5 Å². The molecule has 0 radical (unpaired) electrons. The smallest absolute Gasteiger partial charge is 0.193 e. The molecule has 0 fully saturated rings. The number of allylic oxidation sites excluding steroid dienone is 1. The van der Waals surface area contributed by atoms with Crippen molar-refractivity contribution >= 4 is 17.3 Å². The molecule has 0 saturated heterocycles. The second kappa shape index (κ2) is 7.85. The summed E-state index contributed by atoms with van der Waals surface area (Å²) in [4.78, 5) is 38.6. The van der Waals surface area contributed by atoms with Gasteiger partial charge in [0.1, 0.15) is 23.2 Å². The van der Waals surface area contributed by atoms with Gasteiger partial charge in [-0.3, -0.25) is 14.4 Å². The molecule has 0 saturated carbocycles. The lowest BCUT2D eigenvalue weighted by molar-refractivity contribution is -0.152. The lowest BCUT2D eigenvalue weighted by Gasteiger charge is -2.37. The monoisotopic (exact) mass is 390 g/mol. The van der Waals surface area contributed by atoms with Crippen LogP contribution < -0.4 is 0 Å². The number of hydrogen-bond donors (Lipinski definition) is 4. The maximum atomic E-state index is 13.1. The van der Waals surface area contributed by atoms with Crippen LogP contribution in [0.15, 0.2) is 23.8 Å². The van der Waals surface area contributed by atoms with E-state index in [1.54, 1.807) is 33.8 Å². The lowest BCUT2D eigenvalue weighted by Crippen LogP contribution is -2.55. The number of rotatable bonds is 6. The molecule has 1 aromatic rings. The molecule has 0 aromatic heterocycles. The Morgan fingerprint density at radius 1 is 1.18 bits per heavy atom. The fourth-order valence-electron chi connectivity index (χ4n) is 3.39. The summed E-state index contributed by atoms with van der Waals surface area (Å²) in [5.41, 5.74) is -2.28. The van der Waals surface area contributed by atoms with Crippen LogP contribution in [0.4, 0.5) is 0 Å². The predicted molar refractivity (Wildman–Crippen MR) is 101 cm³/mol. The average molecular weight is 390 g/mol. The minimum Gasteiger partial charge on any atom is -0.507 e. The standard InChI is InChI=1S/C21H26O7/c1-10(2)7-8-21(28,20(27)18(25)11(3)4)12-9-15(24)16-13(22)5-6-14(23)17(16)19(12)26/h5-7,11-12,18,22-23,25,28H,8-9H2,1-4H3/t12?,18?,21-/m1/s1. The maximum Gasteiger partial charge on any atom is 0.193 e. The molecular weight excluding hydrogens is 364 g/mol. The van der Waals surface area contributed by atoms with Gasteiger partial charge in [-0.2, -0.15) is 0 Å². The van der Waals surface area contributed by atoms with Gasteiger partial charge in [0.05, 0.1) is 17.0 Å². The van der Waals surface area contributed by atoms with Gasteiger partial charge in [0.25, 0.3) is 0 Å². The fourth-order valence-corrected chi connectivity index (χ4v) is 3.39. The molecule has 152 valence electrons. The molecule has 2 unspecified atom stereocenters. The number of hydrogen-bond acceptors (Lipinski definition) is 7. The summed E-state index contributed by atoms with van der Waals surface area (Å²) in [6.45, 7) is 6.68. The third kappa shape index (κ3) is 3.72. The van der Waals surface area contributed by atoms with Gasteiger partial charge in [0.2, 0.25) is 0 Å². The molecule has 7 nitrogen and oxygen atoms in total. The number of aliphatic hydroxyl groups is 2. The van der Waals surface area contributed by atoms with Crippen LogP contribution in [0.1, 0.15) is 61.3 Å². The van der Waals surface area contributed by atoms with Crippen LogP contribution in [-0.2, 0) is 4.79 Å². The van der Waals surface area contributed by atoms with Crippen molar-refractivity contribution < 1.29 is 34.8 Å². The molecule has 7 heteroatoms. The van der Waals surface area contributed by atoms with E-state index in [1.807, 2.05) is 0 Å². The number of carbonyl (C=O) groups is 3. The molecule has 1 aliphatic rings. The Labute approximate surface area is 163 Å². The van der Waals surface area contributed by atoms with Gasteiger partial charge in [-0.05, 0) is 31.9 Å². The first-order valence-electron chi connectivity index (χ1n) is 9.12. The molecule has 28 heavy (non-hydrogen) atoms. The number of aliphatic hydroxyl groups excluding tert-OH is 1. The second-order valence-corrected chi connectivity index (χ2v) is 7.86. The molecule has 1 aliphatic carbocycles. The number of fused-ring (bicyclic) bond motifs is 1. The first-order chi connectivity index (χ1) is 12.9. The summed E-state index contributed by atoms with van der Waals surface area (Å²) in [6, 6.07) is 2.17. The summed E-state index contributed by atoms with van der Waals surface area (Å²) in [5.74, 6) is -5.41. The topological polar surface area (TPSA) is 132 Å². The molecule has 2 rings (SSSR count). The Balaban J connectivity index is 2.62. The van der Waals surface area contributed by atoms with E-state index < -0.39 is 64.4 Å². The van der Waals surface area contributed by atoms with Crippen molar-refractivity contribution in [2.24, 2.45) is 11.8 Å². The second-order valence-electron chi connectivity index (χ2n) is 7.86. The van der Waals surface area contributed by atoms with Crippen LogP contribution in [0, 0.1) is 11.8 Å². The van der Waals surface area contributed by atoms with E-state index in [1.165, 1.54) is 0 Å². The van der Waals surface area contributed by atoms with Gasteiger partial charge in [-0.25, -0.2) is 0 Å². The minimum atomic E-state index is -2.33. The molecule has 0 heterocycles. The average Bonchev–Trinajstić information content (AvgIpc) is 2.63. The van der Waals surface area contributed by atoms with Crippen molar-refractivity contribution in [2.45, 2.75) is 52.2 Å². The van der Waals surface area contributed by atoms with E-state index in [0.717, 1.165) is 17.7 Å². The minimum absolute atomic E-state index is 0.267. The van der Waals surface area contributed by atoms with Crippen LogP contribution in [0.25, 0.3) is 0 Å². The highest BCUT2D eigenvalue weighted by molar-refractivity contribution is 6.19. The lowest BCUT2D eigenvalue weighted by atomic mass is 9.68. The highest BCUT2D eigenvalue weighted by Gasteiger charge is 2.53. The van der Waals surface area contributed by atoms with E-state index in [4.69, 9.17) is 0 Å². The molecule has 0 bridgehead atoms. The molecule has 1 aromatic carbocycles. The maximum absolute atomic E-state index is 13.1. The van der Waals surface area contributed by atoms with Crippen molar-refractivity contribution in [3.8, 4) is 11.5 Å². The summed E-state index contributed by atoms with van der Waals surface area (Å²) < 4.78 is 0. The Kier molecular flexibility index (Phi) is 6.11. The molecule has 3 atom stereocenters. The van der Waals surface area contributed by atoms with Crippen LogP contribution in [0.5, 0.6) is 11.5 Å². The predicted octanol–water partition coefficient (Wildman–Crippen LogP) is 2.16. The molecule has 0 amide bonds. The van der Waals surface area contributed by atoms with Crippen molar-refractivity contribution in [2.75, 3.05) is 0 Å². The van der Waals surface area contributed by atoms with Crippen molar-refractivity contribution in [1.82, 2.24) is 0 Å². The first kappa shape index (κ1) is 21.8. The van der Waals surface area contributed by atoms with Crippen LogP contribution in [0.2, 0.25) is 0 Å². The Morgan fingerprint density at radius 3 is 2.21 bits per heavy atom. The third-order valence-electron chi connectivity index (χ3n) is 5.12. The van der Waals surface area contributed by atoms with E-state index >= 15 is 0 Å². The number of aromatic hydroxyl groups is 2. The number of carbonyl (C=O) groups excluding carboxylic acids is 3. The zero-order chi connectivity index (χ0) is 21.4.